The molecule has 3 rings (SSSR count). The molecule has 1 N–H and O–H groups in total. The number of hydrogen-bond acceptors (Lipinski definition) is 4. The maximum Gasteiger partial charge on any atom is 0.424 e. The fraction of sp³-hybridized carbons (Fsp3) is 0.538. The molecule has 0 spiro atoms. The van der Waals surface area contributed by atoms with Gasteiger partial charge in [-0.1, -0.05) is 0 Å². The van der Waals surface area contributed by atoms with E-state index in [1.54, 1.807) is 6.92 Å². The van der Waals surface area contributed by atoms with E-state index in [2.05, 4.69) is 14.8 Å². The van der Waals surface area contributed by atoms with E-state index in [-0.39, 0.29) is 12.4 Å². The second-order valence-corrected chi connectivity index (χ2v) is 5.56. The van der Waals surface area contributed by atoms with Crippen LogP contribution >= 0.6 is 0 Å². The zero-order chi connectivity index (χ0) is 17.0. The Hall–Kier alpha value is -2.10. The molecule has 0 saturated carbocycles. The van der Waals surface area contributed by atoms with Crippen molar-refractivity contribution >= 4 is 0 Å². The van der Waals surface area contributed by atoms with Crippen LogP contribution in [0.2, 0.25) is 0 Å². The summed E-state index contributed by atoms with van der Waals surface area (Å²) in [4.78, 5) is 3.78. The number of ether oxygens (including phenoxy) is 1. The molecule has 0 saturated heterocycles. The summed E-state index contributed by atoms with van der Waals surface area (Å²) in [7, 11) is 0. The van der Waals surface area contributed by atoms with Crippen LogP contribution in [0.1, 0.15) is 25.7 Å². The Labute approximate surface area is 128 Å². The first-order chi connectivity index (χ1) is 10.7. The molecular weight excluding hydrogens is 320 g/mol. The van der Waals surface area contributed by atoms with Gasteiger partial charge in [-0.2, -0.15) is 13.2 Å². The Kier molecular flexibility index (Phi) is 3.40. The number of alkyl halides is 4. The lowest BCUT2D eigenvalue weighted by molar-refractivity contribution is -0.262. The normalized spacial score (nSPS) is 19.9. The number of imidazole rings is 1. The van der Waals surface area contributed by atoms with E-state index in [0.29, 0.717) is 18.3 Å². The third-order valence-electron chi connectivity index (χ3n) is 3.88. The first-order valence-corrected chi connectivity index (χ1v) is 6.80. The Balaban J connectivity index is 2.13. The molecule has 0 radical (unpaired) electrons. The van der Waals surface area contributed by atoms with Crippen molar-refractivity contribution in [1.82, 2.24) is 19.3 Å². The number of halogens is 4. The average Bonchev–Trinajstić information content (AvgIpc) is 3.01. The summed E-state index contributed by atoms with van der Waals surface area (Å²) in [5.74, 6) is -0.457. The highest BCUT2D eigenvalue weighted by atomic mass is 19.4. The average molecular weight is 334 g/mol. The van der Waals surface area contributed by atoms with Crippen molar-refractivity contribution < 1.29 is 27.4 Å². The Morgan fingerprint density at radius 3 is 2.70 bits per heavy atom. The van der Waals surface area contributed by atoms with Crippen LogP contribution < -0.4 is 4.74 Å². The number of rotatable bonds is 3. The Bertz CT molecular complexity index is 735. The van der Waals surface area contributed by atoms with Gasteiger partial charge in [0, 0.05) is 6.07 Å². The van der Waals surface area contributed by atoms with Gasteiger partial charge in [-0.25, -0.2) is 9.37 Å². The molecule has 3 heterocycles. The molecule has 6 nitrogen and oxygen atoms in total. The largest absolute Gasteiger partial charge is 0.445 e. The first kappa shape index (κ1) is 15.8. The van der Waals surface area contributed by atoms with Crippen LogP contribution in [-0.4, -0.2) is 37.5 Å². The van der Waals surface area contributed by atoms with Gasteiger partial charge in [0.15, 0.2) is 5.82 Å². The number of aliphatic hydroxyl groups is 1. The van der Waals surface area contributed by atoms with Crippen molar-refractivity contribution in [1.29, 1.82) is 0 Å². The third-order valence-corrected chi connectivity index (χ3v) is 3.88. The Morgan fingerprint density at radius 1 is 1.39 bits per heavy atom. The molecular formula is C13H14F4N4O2. The van der Waals surface area contributed by atoms with E-state index in [1.165, 1.54) is 21.5 Å². The van der Waals surface area contributed by atoms with Gasteiger partial charge >= 0.3 is 6.18 Å². The second kappa shape index (κ2) is 4.95. The molecule has 2 aromatic heterocycles. The van der Waals surface area contributed by atoms with E-state index >= 15 is 0 Å². The van der Waals surface area contributed by atoms with Gasteiger partial charge in [-0.3, -0.25) is 4.68 Å². The van der Waals surface area contributed by atoms with E-state index in [1.807, 2.05) is 0 Å². The molecule has 0 amide bonds. The van der Waals surface area contributed by atoms with Gasteiger partial charge < -0.3 is 14.4 Å². The molecule has 2 atom stereocenters. The Morgan fingerprint density at radius 2 is 2.09 bits per heavy atom. The highest BCUT2D eigenvalue weighted by molar-refractivity contribution is 5.58. The molecule has 0 aliphatic carbocycles. The van der Waals surface area contributed by atoms with E-state index in [0.717, 1.165) is 0 Å². The minimum Gasteiger partial charge on any atom is -0.445 e. The van der Waals surface area contributed by atoms with Crippen LogP contribution in [0, 0.1) is 0 Å². The number of nitrogens with zero attached hydrogens (tertiary/aromatic N) is 4. The lowest BCUT2D eigenvalue weighted by Crippen LogP contribution is -2.42. The van der Waals surface area contributed by atoms with Crippen molar-refractivity contribution in [2.75, 3.05) is 6.86 Å². The molecule has 10 heteroatoms. The van der Waals surface area contributed by atoms with Crippen molar-refractivity contribution in [2.24, 2.45) is 0 Å². The van der Waals surface area contributed by atoms with Gasteiger partial charge in [0.25, 0.3) is 0 Å². The van der Waals surface area contributed by atoms with Gasteiger partial charge in [0.05, 0.1) is 30.2 Å². The highest BCUT2D eigenvalue weighted by Crippen LogP contribution is 2.42. The van der Waals surface area contributed by atoms with Crippen molar-refractivity contribution in [3.05, 3.63) is 18.1 Å². The predicted octanol–water partition coefficient (Wildman–Crippen LogP) is 2.40. The molecule has 0 bridgehead atoms. The van der Waals surface area contributed by atoms with Crippen LogP contribution in [-0.2, 0) is 12.1 Å². The van der Waals surface area contributed by atoms with Gasteiger partial charge in [0.1, 0.15) is 0 Å². The summed E-state index contributed by atoms with van der Waals surface area (Å²) in [5.41, 5.74) is -2.28. The second-order valence-electron chi connectivity index (χ2n) is 5.56. The fourth-order valence-corrected chi connectivity index (χ4v) is 2.68. The third kappa shape index (κ3) is 2.28. The van der Waals surface area contributed by atoms with Crippen LogP contribution in [0.3, 0.4) is 0 Å². The molecule has 2 aromatic rings. The maximum absolute atomic E-state index is 13.1. The quantitative estimate of drug-likeness (QED) is 0.876. The zero-order valence-electron chi connectivity index (χ0n) is 12.3. The van der Waals surface area contributed by atoms with E-state index in [4.69, 9.17) is 0 Å². The first-order valence-electron chi connectivity index (χ1n) is 6.80. The number of fused-ring (bicyclic) bond motifs is 3. The molecule has 1 aliphatic rings. The monoisotopic (exact) mass is 334 g/mol. The summed E-state index contributed by atoms with van der Waals surface area (Å²) in [6, 6.07) is 0.993. The van der Waals surface area contributed by atoms with Crippen LogP contribution in [0.15, 0.2) is 12.3 Å². The molecule has 1 unspecified atom stereocenters. The van der Waals surface area contributed by atoms with Crippen molar-refractivity contribution in [3.63, 3.8) is 0 Å². The maximum atomic E-state index is 13.1. The van der Waals surface area contributed by atoms with Gasteiger partial charge in [-0.15, -0.1) is 5.10 Å². The highest BCUT2D eigenvalue weighted by Gasteiger charge is 2.55. The number of aromatic nitrogens is 4. The summed E-state index contributed by atoms with van der Waals surface area (Å²) >= 11 is 0. The molecule has 1 aliphatic heterocycles. The minimum atomic E-state index is -4.87. The van der Waals surface area contributed by atoms with Crippen molar-refractivity contribution in [3.8, 4) is 17.3 Å². The smallest absolute Gasteiger partial charge is 0.424 e. The number of hydrogen-bond donors (Lipinski definition) is 1. The lowest BCUT2D eigenvalue weighted by atomic mass is 10.0. The van der Waals surface area contributed by atoms with Gasteiger partial charge in [0.2, 0.25) is 18.3 Å². The minimum absolute atomic E-state index is 0.0356. The van der Waals surface area contributed by atoms with Crippen molar-refractivity contribution in [2.45, 2.75) is 38.2 Å². The lowest BCUT2D eigenvalue weighted by Gasteiger charge is -2.31. The standard InChI is InChI=1S/C13H14F4N4O2/c1-7-5-20-8(3-10(19-20)23-6-14)9-4-18-11(21(7)9)12(2,22)13(15,16)17/h3-4,7,22H,5-6H2,1-2H3/t7-,12?/m0/s1. The van der Waals surface area contributed by atoms with Crippen LogP contribution in [0.5, 0.6) is 5.88 Å². The fourth-order valence-electron chi connectivity index (χ4n) is 2.68. The molecule has 126 valence electrons. The molecule has 0 aromatic carbocycles. The zero-order valence-corrected chi connectivity index (χ0v) is 12.3. The van der Waals surface area contributed by atoms with Crippen LogP contribution in [0.25, 0.3) is 11.4 Å². The van der Waals surface area contributed by atoms with Gasteiger partial charge in [-0.05, 0) is 13.8 Å². The summed E-state index contributed by atoms with van der Waals surface area (Å²) in [6.07, 6.45) is -3.63. The topological polar surface area (TPSA) is 65.1 Å². The predicted molar refractivity (Wildman–Crippen MR) is 70.4 cm³/mol. The van der Waals surface area contributed by atoms with E-state index < -0.39 is 30.5 Å². The summed E-state index contributed by atoms with van der Waals surface area (Å²) in [6.45, 7) is 1.54. The van der Waals surface area contributed by atoms with E-state index in [9.17, 15) is 22.7 Å². The summed E-state index contributed by atoms with van der Waals surface area (Å²) < 4.78 is 59.1. The summed E-state index contributed by atoms with van der Waals surface area (Å²) in [5, 5.41) is 14.0. The SMILES string of the molecule is C[C@H]1Cn2nc(OCF)cc2-c2cnc(C(C)(O)C(F)(F)F)n21. The molecule has 23 heavy (non-hydrogen) atoms. The molecule has 0 fully saturated rings. The van der Waals surface area contributed by atoms with Crippen LogP contribution in [0.4, 0.5) is 17.6 Å².